The number of halogens is 1. The topological polar surface area (TPSA) is 87.7 Å². The summed E-state index contributed by atoms with van der Waals surface area (Å²) >= 11 is 6.09. The largest absolute Gasteiger partial charge is 0.495 e. The van der Waals surface area contributed by atoms with E-state index in [0.717, 1.165) is 0 Å². The van der Waals surface area contributed by atoms with Crippen LogP contribution in [0, 0.1) is 5.92 Å². The average Bonchev–Trinajstić information content (AvgIpc) is 3.21. The molecule has 3 aromatic carbocycles. The van der Waals surface area contributed by atoms with Crippen LogP contribution in [0.5, 0.6) is 5.75 Å². The number of amides is 3. The van der Waals surface area contributed by atoms with E-state index in [4.69, 9.17) is 16.3 Å². The molecule has 4 rings (SSSR count). The molecule has 1 atom stereocenters. The summed E-state index contributed by atoms with van der Waals surface area (Å²) < 4.78 is 5.34. The average molecular weight is 464 g/mol. The number of methoxy groups -OCH3 is 1. The predicted molar refractivity (Wildman–Crippen MR) is 128 cm³/mol. The van der Waals surface area contributed by atoms with Crippen molar-refractivity contribution in [3.05, 3.63) is 83.4 Å². The molecular weight excluding hydrogens is 442 g/mol. The van der Waals surface area contributed by atoms with Crippen LogP contribution in [-0.4, -0.2) is 31.4 Å². The fraction of sp³-hybridized carbons (Fsp3) is 0.160. The zero-order chi connectivity index (χ0) is 23.4. The maximum Gasteiger partial charge on any atom is 0.255 e. The molecule has 0 aromatic heterocycles. The zero-order valence-corrected chi connectivity index (χ0v) is 18.6. The van der Waals surface area contributed by atoms with E-state index in [-0.39, 0.29) is 30.7 Å². The van der Waals surface area contributed by atoms with Gasteiger partial charge < -0.3 is 20.3 Å². The molecule has 33 heavy (non-hydrogen) atoms. The van der Waals surface area contributed by atoms with E-state index in [0.29, 0.717) is 33.4 Å². The molecule has 1 heterocycles. The molecule has 0 spiro atoms. The number of carbonyl (C=O) groups excluding carboxylic acids is 3. The minimum absolute atomic E-state index is 0.0753. The van der Waals surface area contributed by atoms with Gasteiger partial charge in [-0.3, -0.25) is 14.4 Å². The van der Waals surface area contributed by atoms with Gasteiger partial charge in [0.15, 0.2) is 0 Å². The van der Waals surface area contributed by atoms with Gasteiger partial charge in [0.1, 0.15) is 5.75 Å². The van der Waals surface area contributed by atoms with E-state index in [1.165, 1.54) is 12.0 Å². The summed E-state index contributed by atoms with van der Waals surface area (Å²) in [6.07, 6.45) is 0.0753. The SMILES string of the molecule is COc1ccc(Cl)cc1N1CC(C(=O)Nc2cccc(NC(=O)c3ccccc3)c2)CC1=O. The number of carbonyl (C=O) groups is 3. The van der Waals surface area contributed by atoms with Gasteiger partial charge in [-0.25, -0.2) is 0 Å². The number of hydrogen-bond acceptors (Lipinski definition) is 4. The van der Waals surface area contributed by atoms with Gasteiger partial charge in [-0.05, 0) is 48.5 Å². The van der Waals surface area contributed by atoms with Crippen LogP contribution in [0.1, 0.15) is 16.8 Å². The Hall–Kier alpha value is -3.84. The first-order chi connectivity index (χ1) is 15.9. The molecule has 7 nitrogen and oxygen atoms in total. The predicted octanol–water partition coefficient (Wildman–Crippen LogP) is 4.59. The lowest BCUT2D eigenvalue weighted by Crippen LogP contribution is -2.28. The highest BCUT2D eigenvalue weighted by Crippen LogP contribution is 2.35. The minimum Gasteiger partial charge on any atom is -0.495 e. The number of anilines is 3. The Kier molecular flexibility index (Phi) is 6.60. The van der Waals surface area contributed by atoms with Crippen LogP contribution in [-0.2, 0) is 9.59 Å². The molecular formula is C25H22ClN3O4. The zero-order valence-electron chi connectivity index (χ0n) is 17.9. The number of benzene rings is 3. The molecule has 168 valence electrons. The molecule has 0 aliphatic carbocycles. The summed E-state index contributed by atoms with van der Waals surface area (Å²) in [5.74, 6) is -0.732. The Bertz CT molecular complexity index is 1200. The van der Waals surface area contributed by atoms with Crippen LogP contribution in [0.15, 0.2) is 72.8 Å². The van der Waals surface area contributed by atoms with Crippen molar-refractivity contribution in [2.75, 3.05) is 29.2 Å². The lowest BCUT2D eigenvalue weighted by molar-refractivity contribution is -0.122. The summed E-state index contributed by atoms with van der Waals surface area (Å²) in [5, 5.41) is 6.13. The van der Waals surface area contributed by atoms with Gasteiger partial charge in [-0.2, -0.15) is 0 Å². The van der Waals surface area contributed by atoms with Gasteiger partial charge in [0.25, 0.3) is 5.91 Å². The van der Waals surface area contributed by atoms with Crippen molar-refractivity contribution in [1.82, 2.24) is 0 Å². The van der Waals surface area contributed by atoms with E-state index in [9.17, 15) is 14.4 Å². The first-order valence-electron chi connectivity index (χ1n) is 10.4. The van der Waals surface area contributed by atoms with Crippen LogP contribution < -0.4 is 20.3 Å². The van der Waals surface area contributed by atoms with Gasteiger partial charge in [0.2, 0.25) is 11.8 Å². The summed E-state index contributed by atoms with van der Waals surface area (Å²) in [6, 6.07) is 20.7. The Morgan fingerprint density at radius 1 is 0.970 bits per heavy atom. The number of ether oxygens (including phenoxy) is 1. The normalized spacial score (nSPS) is 15.3. The summed E-state index contributed by atoms with van der Waals surface area (Å²) in [6.45, 7) is 0.214. The van der Waals surface area contributed by atoms with Gasteiger partial charge >= 0.3 is 0 Å². The van der Waals surface area contributed by atoms with Crippen molar-refractivity contribution < 1.29 is 19.1 Å². The standard InChI is InChI=1S/C25H22ClN3O4/c1-33-22-11-10-18(26)13-21(22)29-15-17(12-23(29)30)25(32)28-20-9-5-8-19(14-20)27-24(31)16-6-3-2-4-7-16/h2-11,13-14,17H,12,15H2,1H3,(H,27,31)(H,28,32). The molecule has 0 saturated carbocycles. The second kappa shape index (κ2) is 9.75. The van der Waals surface area contributed by atoms with E-state index in [2.05, 4.69) is 10.6 Å². The second-order valence-corrected chi connectivity index (χ2v) is 8.05. The highest BCUT2D eigenvalue weighted by atomic mass is 35.5. The van der Waals surface area contributed by atoms with Crippen molar-refractivity contribution in [3.8, 4) is 5.75 Å². The number of nitrogens with one attached hydrogen (secondary N) is 2. The maximum atomic E-state index is 12.9. The fourth-order valence-corrected chi connectivity index (χ4v) is 3.87. The molecule has 1 fully saturated rings. The van der Waals surface area contributed by atoms with Crippen molar-refractivity contribution >= 4 is 46.4 Å². The summed E-state index contributed by atoms with van der Waals surface area (Å²) in [7, 11) is 1.51. The van der Waals surface area contributed by atoms with Crippen LogP contribution in [0.2, 0.25) is 5.02 Å². The van der Waals surface area contributed by atoms with Gasteiger partial charge in [-0.15, -0.1) is 0 Å². The molecule has 2 N–H and O–H groups in total. The smallest absolute Gasteiger partial charge is 0.255 e. The third-order valence-electron chi connectivity index (χ3n) is 5.35. The molecule has 0 radical (unpaired) electrons. The first kappa shape index (κ1) is 22.4. The molecule has 8 heteroatoms. The first-order valence-corrected chi connectivity index (χ1v) is 10.7. The van der Waals surface area contributed by atoms with Crippen LogP contribution >= 0.6 is 11.6 Å². The van der Waals surface area contributed by atoms with Gasteiger partial charge in [0, 0.05) is 34.9 Å². The molecule has 0 bridgehead atoms. The highest BCUT2D eigenvalue weighted by Gasteiger charge is 2.36. The number of rotatable bonds is 6. The molecule has 1 aliphatic heterocycles. The van der Waals surface area contributed by atoms with Crippen LogP contribution in [0.3, 0.4) is 0 Å². The molecule has 1 aliphatic rings. The van der Waals surface area contributed by atoms with Crippen molar-refractivity contribution in [2.45, 2.75) is 6.42 Å². The van der Waals surface area contributed by atoms with E-state index >= 15 is 0 Å². The van der Waals surface area contributed by atoms with E-state index < -0.39 is 5.92 Å². The van der Waals surface area contributed by atoms with Gasteiger partial charge in [0.05, 0.1) is 18.7 Å². The molecule has 1 unspecified atom stereocenters. The van der Waals surface area contributed by atoms with Crippen molar-refractivity contribution in [3.63, 3.8) is 0 Å². The Morgan fingerprint density at radius 3 is 2.42 bits per heavy atom. The monoisotopic (exact) mass is 463 g/mol. The quantitative estimate of drug-likeness (QED) is 0.559. The number of nitrogens with zero attached hydrogens (tertiary/aromatic N) is 1. The minimum atomic E-state index is -0.538. The number of hydrogen-bond donors (Lipinski definition) is 2. The summed E-state index contributed by atoms with van der Waals surface area (Å²) in [4.78, 5) is 39.4. The lowest BCUT2D eigenvalue weighted by Gasteiger charge is -2.20. The second-order valence-electron chi connectivity index (χ2n) is 7.61. The van der Waals surface area contributed by atoms with Crippen molar-refractivity contribution in [2.24, 2.45) is 5.92 Å². The lowest BCUT2D eigenvalue weighted by atomic mass is 10.1. The summed E-state index contributed by atoms with van der Waals surface area (Å²) in [5.41, 5.74) is 2.15. The Morgan fingerprint density at radius 2 is 1.70 bits per heavy atom. The molecule has 1 saturated heterocycles. The third kappa shape index (κ3) is 5.15. The van der Waals surface area contributed by atoms with Crippen LogP contribution in [0.25, 0.3) is 0 Å². The Labute approximate surface area is 196 Å². The third-order valence-corrected chi connectivity index (χ3v) is 5.59. The van der Waals surface area contributed by atoms with Crippen molar-refractivity contribution in [1.29, 1.82) is 0 Å². The molecule has 3 amide bonds. The van der Waals surface area contributed by atoms with E-state index in [1.807, 2.05) is 6.07 Å². The highest BCUT2D eigenvalue weighted by molar-refractivity contribution is 6.31. The van der Waals surface area contributed by atoms with E-state index in [1.54, 1.807) is 66.7 Å². The van der Waals surface area contributed by atoms with Crippen LogP contribution in [0.4, 0.5) is 17.1 Å². The maximum absolute atomic E-state index is 12.9. The Balaban J connectivity index is 1.43. The fourth-order valence-electron chi connectivity index (χ4n) is 3.70. The molecule has 3 aromatic rings. The van der Waals surface area contributed by atoms with Gasteiger partial charge in [-0.1, -0.05) is 35.9 Å².